The molecule has 1 rings (SSSR count). The van der Waals surface area contributed by atoms with Crippen LogP contribution in [0.15, 0.2) is 24.3 Å². The molecule has 1 aromatic rings. The molecule has 3 amide bonds. The van der Waals surface area contributed by atoms with Crippen LogP contribution in [-0.2, 0) is 4.74 Å². The molecule has 0 atom stereocenters. The van der Waals surface area contributed by atoms with Crippen molar-refractivity contribution in [1.82, 2.24) is 10.6 Å². The van der Waals surface area contributed by atoms with Gasteiger partial charge >= 0.3 is 12.1 Å². The first kappa shape index (κ1) is 17.6. The predicted molar refractivity (Wildman–Crippen MR) is 84.3 cm³/mol. The van der Waals surface area contributed by atoms with E-state index in [0.717, 1.165) is 0 Å². The molecule has 0 bridgehead atoms. The first-order valence-corrected chi connectivity index (χ1v) is 6.96. The number of urea groups is 1. The Labute approximate surface area is 130 Å². The molecular formula is C15H23N3O4. The summed E-state index contributed by atoms with van der Waals surface area (Å²) in [6.07, 6.45) is -0.509. The van der Waals surface area contributed by atoms with Crippen LogP contribution in [0.25, 0.3) is 0 Å². The van der Waals surface area contributed by atoms with Crippen molar-refractivity contribution < 1.29 is 19.1 Å². The third kappa shape index (κ3) is 7.37. The van der Waals surface area contributed by atoms with E-state index in [-0.39, 0.29) is 12.6 Å². The first-order valence-electron chi connectivity index (χ1n) is 6.96. The van der Waals surface area contributed by atoms with E-state index in [4.69, 9.17) is 9.47 Å². The Kier molecular flexibility index (Phi) is 6.49. The van der Waals surface area contributed by atoms with Gasteiger partial charge in [-0.2, -0.15) is 0 Å². The topological polar surface area (TPSA) is 88.7 Å². The number of anilines is 1. The van der Waals surface area contributed by atoms with E-state index < -0.39 is 11.7 Å². The molecule has 0 radical (unpaired) electrons. The van der Waals surface area contributed by atoms with Crippen LogP contribution < -0.4 is 20.7 Å². The number of methoxy groups -OCH3 is 1. The minimum atomic E-state index is -0.538. The van der Waals surface area contributed by atoms with Gasteiger partial charge in [0.25, 0.3) is 0 Å². The molecule has 0 aliphatic heterocycles. The van der Waals surface area contributed by atoms with Crippen molar-refractivity contribution in [1.29, 1.82) is 0 Å². The lowest BCUT2D eigenvalue weighted by atomic mass is 10.2. The largest absolute Gasteiger partial charge is 0.497 e. The van der Waals surface area contributed by atoms with Gasteiger partial charge in [-0.25, -0.2) is 9.59 Å². The van der Waals surface area contributed by atoms with Crippen LogP contribution in [-0.4, -0.2) is 37.9 Å². The van der Waals surface area contributed by atoms with Gasteiger partial charge in [-0.05, 0) is 45.0 Å². The normalized spacial score (nSPS) is 10.5. The molecule has 3 N–H and O–H groups in total. The molecule has 122 valence electrons. The Bertz CT molecular complexity index is 495. The van der Waals surface area contributed by atoms with E-state index in [1.165, 1.54) is 0 Å². The van der Waals surface area contributed by atoms with Crippen molar-refractivity contribution in [3.8, 4) is 5.75 Å². The fourth-order valence-electron chi connectivity index (χ4n) is 1.50. The summed E-state index contributed by atoms with van der Waals surface area (Å²) < 4.78 is 10.1. The number of nitrogens with one attached hydrogen (secondary N) is 3. The van der Waals surface area contributed by atoms with Gasteiger partial charge in [0.15, 0.2) is 0 Å². The first-order chi connectivity index (χ1) is 10.3. The molecular weight excluding hydrogens is 286 g/mol. The Balaban J connectivity index is 2.21. The Morgan fingerprint density at radius 1 is 1.05 bits per heavy atom. The third-order valence-corrected chi connectivity index (χ3v) is 2.43. The number of carbonyl (C=O) groups excluding carboxylic acids is 2. The van der Waals surface area contributed by atoms with Crippen LogP contribution in [0, 0.1) is 0 Å². The van der Waals surface area contributed by atoms with Gasteiger partial charge in [0, 0.05) is 18.8 Å². The minimum Gasteiger partial charge on any atom is -0.497 e. The van der Waals surface area contributed by atoms with Gasteiger partial charge < -0.3 is 25.4 Å². The van der Waals surface area contributed by atoms with Crippen LogP contribution in [0.1, 0.15) is 20.8 Å². The number of hydrogen-bond acceptors (Lipinski definition) is 4. The third-order valence-electron chi connectivity index (χ3n) is 2.43. The number of alkyl carbamates (subject to hydrolysis) is 1. The number of amides is 3. The molecule has 0 heterocycles. The van der Waals surface area contributed by atoms with E-state index in [9.17, 15) is 9.59 Å². The molecule has 0 saturated carbocycles. The molecule has 0 unspecified atom stereocenters. The fraction of sp³-hybridized carbons (Fsp3) is 0.467. The Morgan fingerprint density at radius 2 is 1.64 bits per heavy atom. The Morgan fingerprint density at radius 3 is 2.18 bits per heavy atom. The van der Waals surface area contributed by atoms with Crippen LogP contribution in [0.4, 0.5) is 15.3 Å². The van der Waals surface area contributed by atoms with E-state index in [0.29, 0.717) is 18.0 Å². The van der Waals surface area contributed by atoms with E-state index in [2.05, 4.69) is 16.0 Å². The highest BCUT2D eigenvalue weighted by atomic mass is 16.6. The van der Waals surface area contributed by atoms with Crippen molar-refractivity contribution >= 4 is 17.8 Å². The number of rotatable bonds is 5. The fourth-order valence-corrected chi connectivity index (χ4v) is 1.50. The second-order valence-electron chi connectivity index (χ2n) is 5.54. The molecule has 0 saturated heterocycles. The van der Waals surface area contributed by atoms with E-state index in [1.54, 1.807) is 52.1 Å². The summed E-state index contributed by atoms with van der Waals surface area (Å²) in [6.45, 7) is 5.93. The second kappa shape index (κ2) is 8.11. The highest BCUT2D eigenvalue weighted by Crippen LogP contribution is 2.14. The minimum absolute atomic E-state index is 0.283. The zero-order chi connectivity index (χ0) is 16.6. The van der Waals surface area contributed by atoms with Gasteiger partial charge in [-0.15, -0.1) is 0 Å². The zero-order valence-electron chi connectivity index (χ0n) is 13.4. The van der Waals surface area contributed by atoms with Crippen molar-refractivity contribution in [2.45, 2.75) is 26.4 Å². The van der Waals surface area contributed by atoms with Gasteiger partial charge in [0.1, 0.15) is 11.4 Å². The quantitative estimate of drug-likeness (QED) is 0.728. The van der Waals surface area contributed by atoms with Gasteiger partial charge in [0.2, 0.25) is 0 Å². The summed E-state index contributed by atoms with van der Waals surface area (Å²) in [5, 5.41) is 7.85. The maximum atomic E-state index is 11.6. The summed E-state index contributed by atoms with van der Waals surface area (Å²) in [7, 11) is 1.58. The summed E-state index contributed by atoms with van der Waals surface area (Å²) in [5.41, 5.74) is 0.113. The smallest absolute Gasteiger partial charge is 0.407 e. The highest BCUT2D eigenvalue weighted by molar-refractivity contribution is 5.89. The van der Waals surface area contributed by atoms with Crippen molar-refractivity contribution in [3.63, 3.8) is 0 Å². The van der Waals surface area contributed by atoms with Crippen LogP contribution >= 0.6 is 0 Å². The molecule has 0 fully saturated rings. The van der Waals surface area contributed by atoms with E-state index in [1.807, 2.05) is 0 Å². The lowest BCUT2D eigenvalue weighted by Crippen LogP contribution is -2.39. The average molecular weight is 309 g/mol. The highest BCUT2D eigenvalue weighted by Gasteiger charge is 2.15. The average Bonchev–Trinajstić information content (AvgIpc) is 2.42. The predicted octanol–water partition coefficient (Wildman–Crippen LogP) is 2.34. The van der Waals surface area contributed by atoms with Crippen molar-refractivity contribution in [2.24, 2.45) is 0 Å². The lowest BCUT2D eigenvalue weighted by Gasteiger charge is -2.19. The lowest BCUT2D eigenvalue weighted by molar-refractivity contribution is 0.0528. The molecule has 7 heteroatoms. The molecule has 7 nitrogen and oxygen atoms in total. The van der Waals surface area contributed by atoms with Gasteiger partial charge in [-0.3, -0.25) is 0 Å². The monoisotopic (exact) mass is 309 g/mol. The Hall–Kier alpha value is -2.44. The van der Waals surface area contributed by atoms with Crippen molar-refractivity contribution in [3.05, 3.63) is 24.3 Å². The molecule has 22 heavy (non-hydrogen) atoms. The zero-order valence-corrected chi connectivity index (χ0v) is 13.4. The second-order valence-corrected chi connectivity index (χ2v) is 5.54. The van der Waals surface area contributed by atoms with Crippen LogP contribution in [0.3, 0.4) is 0 Å². The molecule has 1 aromatic carbocycles. The SMILES string of the molecule is COc1ccc(NC(=O)NCCNC(=O)OC(C)(C)C)cc1. The maximum absolute atomic E-state index is 11.6. The van der Waals surface area contributed by atoms with Crippen LogP contribution in [0.5, 0.6) is 5.75 Å². The summed E-state index contributed by atoms with van der Waals surface area (Å²) >= 11 is 0. The molecule has 0 spiro atoms. The standard InChI is InChI=1S/C15H23N3O4/c1-15(2,3)22-14(20)17-10-9-16-13(19)18-11-5-7-12(21-4)8-6-11/h5-8H,9-10H2,1-4H3,(H,17,20)(H2,16,18,19). The van der Waals surface area contributed by atoms with Gasteiger partial charge in [0.05, 0.1) is 7.11 Å². The number of hydrogen-bond donors (Lipinski definition) is 3. The number of ether oxygens (including phenoxy) is 2. The van der Waals surface area contributed by atoms with Gasteiger partial charge in [-0.1, -0.05) is 0 Å². The summed E-state index contributed by atoms with van der Waals surface area (Å²) in [4.78, 5) is 23.0. The maximum Gasteiger partial charge on any atom is 0.407 e. The molecule has 0 aliphatic rings. The van der Waals surface area contributed by atoms with E-state index >= 15 is 0 Å². The van der Waals surface area contributed by atoms with Crippen molar-refractivity contribution in [2.75, 3.05) is 25.5 Å². The number of benzene rings is 1. The molecule has 0 aromatic heterocycles. The van der Waals surface area contributed by atoms with Crippen LogP contribution in [0.2, 0.25) is 0 Å². The molecule has 0 aliphatic carbocycles. The summed E-state index contributed by atoms with van der Waals surface area (Å²) in [6, 6.07) is 6.62. The summed E-state index contributed by atoms with van der Waals surface area (Å²) in [5.74, 6) is 0.715. The number of carbonyl (C=O) groups is 2.